The minimum absolute atomic E-state index is 0.0854. The summed E-state index contributed by atoms with van der Waals surface area (Å²) in [6.45, 7) is 8.62. The third kappa shape index (κ3) is 4.21. The molecule has 0 radical (unpaired) electrons. The summed E-state index contributed by atoms with van der Waals surface area (Å²) >= 11 is 1.50. The van der Waals surface area contributed by atoms with Gasteiger partial charge < -0.3 is 14.0 Å². The van der Waals surface area contributed by atoms with Crippen molar-refractivity contribution >= 4 is 22.8 Å². The third-order valence-electron chi connectivity index (χ3n) is 4.60. The zero-order valence-corrected chi connectivity index (χ0v) is 17.1. The van der Waals surface area contributed by atoms with Gasteiger partial charge in [0.15, 0.2) is 6.29 Å². The summed E-state index contributed by atoms with van der Waals surface area (Å²) in [5, 5.41) is 0. The topological polar surface area (TPSA) is 49.2 Å². The minimum Gasteiger partial charge on any atom is -0.350 e. The number of ether oxygens (including phenoxy) is 2. The molecule has 1 aliphatic heterocycles. The Hall–Kier alpha value is -1.96. The molecule has 0 unspecified atom stereocenters. The van der Waals surface area contributed by atoms with Crippen molar-refractivity contribution in [3.63, 3.8) is 0 Å². The Morgan fingerprint density at radius 3 is 2.61 bits per heavy atom. The number of benzene rings is 1. The first-order valence-electron chi connectivity index (χ1n) is 9.43. The van der Waals surface area contributed by atoms with E-state index in [1.807, 2.05) is 0 Å². The number of aromatic nitrogens is 3. The number of fused-ring (bicyclic) bond motifs is 1. The number of pyridine rings is 1. The summed E-state index contributed by atoms with van der Waals surface area (Å²) in [6.07, 6.45) is 2.14. The molecule has 0 bridgehead atoms. The molecule has 0 N–H and O–H groups in total. The summed E-state index contributed by atoms with van der Waals surface area (Å²) in [5.41, 5.74) is 1.95. The Kier molecular flexibility index (Phi) is 5.40. The summed E-state index contributed by atoms with van der Waals surface area (Å²) in [6, 6.07) is 9.45. The Labute approximate surface area is 168 Å². The molecule has 3 heterocycles. The second-order valence-corrected chi connectivity index (χ2v) is 9.01. The maximum Gasteiger partial charge on any atom is 0.213 e. The molecule has 0 spiro atoms. The van der Waals surface area contributed by atoms with Gasteiger partial charge in [0.05, 0.1) is 24.2 Å². The van der Waals surface area contributed by atoms with E-state index in [2.05, 4.69) is 48.5 Å². The summed E-state index contributed by atoms with van der Waals surface area (Å²) < 4.78 is 26.8. The van der Waals surface area contributed by atoms with Gasteiger partial charge in [0.25, 0.3) is 0 Å². The molecule has 3 aromatic rings. The standard InChI is InChI=1S/C21H24FN3O2S/c1-21(2,3)20-24-16-12-14(28-15-6-8-23-18(22)13-15)4-5-17(16)25(20)9-7-19-26-10-11-27-19/h4-6,8,12-13,19H,7,9-11H2,1-3H3. The van der Waals surface area contributed by atoms with E-state index in [0.29, 0.717) is 13.2 Å². The largest absolute Gasteiger partial charge is 0.350 e. The number of nitrogens with zero attached hydrogens (tertiary/aromatic N) is 3. The van der Waals surface area contributed by atoms with Crippen molar-refractivity contribution in [3.05, 3.63) is 48.3 Å². The second kappa shape index (κ2) is 7.81. The van der Waals surface area contributed by atoms with Gasteiger partial charge in [0, 0.05) is 40.4 Å². The van der Waals surface area contributed by atoms with Crippen LogP contribution in [-0.2, 0) is 21.4 Å². The van der Waals surface area contributed by atoms with Crippen LogP contribution in [0.5, 0.6) is 0 Å². The lowest BCUT2D eigenvalue weighted by atomic mass is 9.95. The van der Waals surface area contributed by atoms with Crippen LogP contribution in [0.1, 0.15) is 33.0 Å². The zero-order valence-electron chi connectivity index (χ0n) is 16.3. The average molecular weight is 402 g/mol. The number of hydrogen-bond donors (Lipinski definition) is 0. The highest BCUT2D eigenvalue weighted by molar-refractivity contribution is 7.99. The first-order valence-corrected chi connectivity index (χ1v) is 10.3. The van der Waals surface area contributed by atoms with E-state index in [0.717, 1.165) is 39.6 Å². The van der Waals surface area contributed by atoms with Crippen LogP contribution >= 0.6 is 11.8 Å². The molecule has 0 aliphatic carbocycles. The van der Waals surface area contributed by atoms with Gasteiger partial charge in [-0.3, -0.25) is 0 Å². The fourth-order valence-corrected chi connectivity index (χ4v) is 4.23. The molecular weight excluding hydrogens is 377 g/mol. The minimum atomic E-state index is -0.471. The molecule has 1 saturated heterocycles. The highest BCUT2D eigenvalue weighted by atomic mass is 32.2. The van der Waals surface area contributed by atoms with Gasteiger partial charge in [0.2, 0.25) is 5.95 Å². The SMILES string of the molecule is CC(C)(C)c1nc2cc(Sc3ccnc(F)c3)ccc2n1CCC1OCCO1. The highest BCUT2D eigenvalue weighted by Crippen LogP contribution is 2.33. The van der Waals surface area contributed by atoms with Gasteiger partial charge in [-0.15, -0.1) is 0 Å². The fraction of sp³-hybridized carbons (Fsp3) is 0.429. The monoisotopic (exact) mass is 401 g/mol. The second-order valence-electron chi connectivity index (χ2n) is 7.86. The van der Waals surface area contributed by atoms with Crippen LogP contribution in [-0.4, -0.2) is 34.0 Å². The number of rotatable bonds is 5. The Morgan fingerprint density at radius 2 is 1.89 bits per heavy atom. The molecule has 28 heavy (non-hydrogen) atoms. The molecule has 1 fully saturated rings. The van der Waals surface area contributed by atoms with E-state index in [9.17, 15) is 4.39 Å². The molecule has 0 amide bonds. The van der Waals surface area contributed by atoms with Crippen LogP contribution in [0, 0.1) is 5.95 Å². The molecule has 7 heteroatoms. The normalized spacial score (nSPS) is 15.6. The van der Waals surface area contributed by atoms with Crippen LogP contribution in [0.2, 0.25) is 0 Å². The predicted molar refractivity (Wildman–Crippen MR) is 107 cm³/mol. The molecule has 0 atom stereocenters. The lowest BCUT2D eigenvalue weighted by molar-refractivity contribution is -0.0490. The lowest BCUT2D eigenvalue weighted by Crippen LogP contribution is -2.21. The molecule has 4 rings (SSSR count). The van der Waals surface area contributed by atoms with E-state index >= 15 is 0 Å². The van der Waals surface area contributed by atoms with E-state index in [-0.39, 0.29) is 11.7 Å². The highest BCUT2D eigenvalue weighted by Gasteiger charge is 2.24. The van der Waals surface area contributed by atoms with Crippen LogP contribution in [0.15, 0.2) is 46.3 Å². The van der Waals surface area contributed by atoms with E-state index in [1.165, 1.54) is 24.0 Å². The maximum atomic E-state index is 13.4. The fourth-order valence-electron chi connectivity index (χ4n) is 3.36. The number of aryl methyl sites for hydroxylation is 1. The van der Waals surface area contributed by atoms with Crippen molar-refractivity contribution in [2.45, 2.75) is 55.2 Å². The lowest BCUT2D eigenvalue weighted by Gasteiger charge is -2.21. The number of imidazole rings is 1. The number of hydrogen-bond acceptors (Lipinski definition) is 5. The maximum absolute atomic E-state index is 13.4. The first-order chi connectivity index (χ1) is 13.4. The van der Waals surface area contributed by atoms with Gasteiger partial charge in [-0.1, -0.05) is 32.5 Å². The van der Waals surface area contributed by atoms with Crippen molar-refractivity contribution in [2.24, 2.45) is 0 Å². The van der Waals surface area contributed by atoms with Crippen LogP contribution in [0.3, 0.4) is 0 Å². The van der Waals surface area contributed by atoms with Gasteiger partial charge >= 0.3 is 0 Å². The van der Waals surface area contributed by atoms with Gasteiger partial charge in [0.1, 0.15) is 5.82 Å². The van der Waals surface area contributed by atoms with Crippen LogP contribution in [0.4, 0.5) is 4.39 Å². The van der Waals surface area contributed by atoms with Crippen LogP contribution < -0.4 is 0 Å². The molecule has 148 valence electrons. The summed E-state index contributed by atoms with van der Waals surface area (Å²) in [4.78, 5) is 10.4. The molecule has 5 nitrogen and oxygen atoms in total. The Balaban J connectivity index is 1.65. The van der Waals surface area contributed by atoms with Gasteiger partial charge in [-0.2, -0.15) is 4.39 Å². The van der Waals surface area contributed by atoms with Crippen molar-refractivity contribution in [1.29, 1.82) is 0 Å². The number of halogens is 1. The Morgan fingerprint density at radius 1 is 1.14 bits per heavy atom. The molecule has 1 aliphatic rings. The molecule has 0 saturated carbocycles. The predicted octanol–water partition coefficient (Wildman–Crippen LogP) is 4.78. The molecule has 2 aromatic heterocycles. The van der Waals surface area contributed by atoms with Crippen molar-refractivity contribution < 1.29 is 13.9 Å². The summed E-state index contributed by atoms with van der Waals surface area (Å²) in [7, 11) is 0. The van der Waals surface area contributed by atoms with Crippen molar-refractivity contribution in [1.82, 2.24) is 14.5 Å². The van der Waals surface area contributed by atoms with Gasteiger partial charge in [-0.25, -0.2) is 9.97 Å². The van der Waals surface area contributed by atoms with Crippen molar-refractivity contribution in [2.75, 3.05) is 13.2 Å². The smallest absolute Gasteiger partial charge is 0.213 e. The van der Waals surface area contributed by atoms with E-state index in [1.54, 1.807) is 6.07 Å². The Bertz CT molecular complexity index is 977. The van der Waals surface area contributed by atoms with E-state index < -0.39 is 5.95 Å². The average Bonchev–Trinajstić information content (AvgIpc) is 3.26. The van der Waals surface area contributed by atoms with E-state index in [4.69, 9.17) is 14.5 Å². The third-order valence-corrected chi connectivity index (χ3v) is 5.58. The van der Waals surface area contributed by atoms with Crippen molar-refractivity contribution in [3.8, 4) is 0 Å². The summed E-state index contributed by atoms with van der Waals surface area (Å²) in [5.74, 6) is 0.569. The quantitative estimate of drug-likeness (QED) is 0.576. The molecule has 1 aromatic carbocycles. The van der Waals surface area contributed by atoms with Gasteiger partial charge in [-0.05, 0) is 24.3 Å². The zero-order chi connectivity index (χ0) is 19.7. The molecular formula is C21H24FN3O2S. The van der Waals surface area contributed by atoms with Crippen LogP contribution in [0.25, 0.3) is 11.0 Å². The first kappa shape index (κ1) is 19.4.